The van der Waals surface area contributed by atoms with Gasteiger partial charge in [0.2, 0.25) is 0 Å². The van der Waals surface area contributed by atoms with E-state index < -0.39 is 36.0 Å². The summed E-state index contributed by atoms with van der Waals surface area (Å²) in [5.41, 5.74) is -0.00916. The monoisotopic (exact) mass is 410 g/mol. The molecule has 0 saturated heterocycles. The molecule has 1 heterocycles. The Hall–Kier alpha value is -3.31. The van der Waals surface area contributed by atoms with Crippen molar-refractivity contribution < 1.29 is 46.1 Å². The van der Waals surface area contributed by atoms with E-state index in [1.54, 1.807) is 18.2 Å². The first kappa shape index (κ1) is 22.7. The normalized spacial score (nSPS) is 12.4. The predicted octanol–water partition coefficient (Wildman–Crippen LogP) is 4.09. The van der Waals surface area contributed by atoms with Crippen LogP contribution in [-0.4, -0.2) is 33.4 Å². The molecule has 1 atom stereocenters. The maximum atomic E-state index is 12.5. The molecule has 6 nitrogen and oxygen atoms in total. The van der Waals surface area contributed by atoms with Gasteiger partial charge in [0, 0.05) is 6.20 Å². The van der Waals surface area contributed by atoms with Crippen LogP contribution in [0.4, 0.5) is 31.1 Å². The Morgan fingerprint density at radius 1 is 0.929 bits per heavy atom. The first-order valence-corrected chi connectivity index (χ1v) is 7.20. The highest BCUT2D eigenvalue weighted by atomic mass is 19.4. The van der Waals surface area contributed by atoms with Gasteiger partial charge in [-0.15, -0.1) is 0 Å². The quantitative estimate of drug-likeness (QED) is 0.662. The molecule has 0 radical (unpaired) electrons. The third-order valence-electron chi connectivity index (χ3n) is 3.07. The minimum Gasteiger partial charge on any atom is -0.475 e. The molecule has 3 N–H and O–H groups in total. The van der Waals surface area contributed by atoms with E-state index in [0.717, 1.165) is 12.1 Å². The van der Waals surface area contributed by atoms with Gasteiger partial charge in [-0.25, -0.2) is 9.59 Å². The predicted molar refractivity (Wildman–Crippen MR) is 82.4 cm³/mol. The van der Waals surface area contributed by atoms with E-state index in [2.05, 4.69) is 10.3 Å². The standard InChI is InChI=1S/C14H11F3N2O2.C2HF3O2/c15-14(16,17)10-6-4-9(5-7-10)12(19-13(20)21)11-3-1-2-8-18-11;3-2(4,5)1(6)7/h1-8,12,19H,(H,20,21);(H,6,7). The largest absolute Gasteiger partial charge is 0.490 e. The van der Waals surface area contributed by atoms with E-state index in [9.17, 15) is 31.1 Å². The van der Waals surface area contributed by atoms with Gasteiger partial charge in [0.1, 0.15) is 0 Å². The van der Waals surface area contributed by atoms with Gasteiger partial charge in [0.25, 0.3) is 0 Å². The number of alkyl halides is 6. The molecule has 12 heteroatoms. The highest BCUT2D eigenvalue weighted by molar-refractivity contribution is 5.73. The molecule has 152 valence electrons. The lowest BCUT2D eigenvalue weighted by molar-refractivity contribution is -0.192. The third-order valence-corrected chi connectivity index (χ3v) is 3.07. The first-order valence-electron chi connectivity index (χ1n) is 7.20. The summed E-state index contributed by atoms with van der Waals surface area (Å²) in [5.74, 6) is -2.76. The number of aromatic nitrogens is 1. The highest BCUT2D eigenvalue weighted by Crippen LogP contribution is 2.30. The first-order chi connectivity index (χ1) is 12.8. The van der Waals surface area contributed by atoms with Crippen LogP contribution in [0.5, 0.6) is 0 Å². The molecule has 1 aromatic carbocycles. The van der Waals surface area contributed by atoms with Crippen molar-refractivity contribution in [3.05, 3.63) is 65.5 Å². The zero-order valence-electron chi connectivity index (χ0n) is 13.6. The lowest BCUT2D eigenvalue weighted by atomic mass is 10.0. The minimum atomic E-state index is -5.08. The summed E-state index contributed by atoms with van der Waals surface area (Å²) in [7, 11) is 0. The number of carboxylic acids is 1. The van der Waals surface area contributed by atoms with Crippen molar-refractivity contribution in [2.24, 2.45) is 0 Å². The number of benzene rings is 1. The van der Waals surface area contributed by atoms with E-state index in [4.69, 9.17) is 15.0 Å². The summed E-state index contributed by atoms with van der Waals surface area (Å²) < 4.78 is 69.3. The molecule has 0 aliphatic carbocycles. The van der Waals surface area contributed by atoms with Crippen molar-refractivity contribution in [1.82, 2.24) is 10.3 Å². The summed E-state index contributed by atoms with van der Waals surface area (Å²) in [5, 5.41) is 18.2. The van der Waals surface area contributed by atoms with E-state index >= 15 is 0 Å². The van der Waals surface area contributed by atoms with Crippen LogP contribution >= 0.6 is 0 Å². The van der Waals surface area contributed by atoms with Crippen LogP contribution in [0.3, 0.4) is 0 Å². The number of halogens is 6. The van der Waals surface area contributed by atoms with Crippen LogP contribution in [0.15, 0.2) is 48.7 Å². The lowest BCUT2D eigenvalue weighted by Gasteiger charge is -2.17. The van der Waals surface area contributed by atoms with Gasteiger partial charge in [-0.2, -0.15) is 26.3 Å². The average molecular weight is 410 g/mol. The summed E-state index contributed by atoms with van der Waals surface area (Å²) in [6.07, 6.45) is -9.32. The second-order valence-electron chi connectivity index (χ2n) is 5.06. The number of carbonyl (C=O) groups is 2. The number of aliphatic carboxylic acids is 1. The van der Waals surface area contributed by atoms with Gasteiger partial charge in [-0.05, 0) is 29.8 Å². The van der Waals surface area contributed by atoms with Crippen LogP contribution < -0.4 is 5.32 Å². The third kappa shape index (κ3) is 7.13. The number of nitrogens with one attached hydrogen (secondary N) is 1. The maximum absolute atomic E-state index is 12.5. The SMILES string of the molecule is O=C(O)C(F)(F)F.O=C(O)NC(c1ccc(C(F)(F)F)cc1)c1ccccn1. The number of carboxylic acid groups (broad SMARTS) is 2. The zero-order chi connectivity index (χ0) is 21.5. The number of pyridine rings is 1. The van der Waals surface area contributed by atoms with Gasteiger partial charge in [0.15, 0.2) is 0 Å². The molecule has 0 aliphatic heterocycles. The van der Waals surface area contributed by atoms with Crippen molar-refractivity contribution >= 4 is 12.1 Å². The Bertz CT molecular complexity index is 792. The van der Waals surface area contributed by atoms with Gasteiger partial charge >= 0.3 is 24.4 Å². The molecule has 2 rings (SSSR count). The molecule has 0 spiro atoms. The topological polar surface area (TPSA) is 99.5 Å². The smallest absolute Gasteiger partial charge is 0.475 e. The molecule has 28 heavy (non-hydrogen) atoms. The average Bonchev–Trinajstić information content (AvgIpc) is 2.59. The summed E-state index contributed by atoms with van der Waals surface area (Å²) in [6.45, 7) is 0. The van der Waals surface area contributed by atoms with Crippen molar-refractivity contribution in [3.8, 4) is 0 Å². The van der Waals surface area contributed by atoms with Crippen LogP contribution in [0, 0.1) is 0 Å². The van der Waals surface area contributed by atoms with Crippen LogP contribution in [0.2, 0.25) is 0 Å². The molecule has 1 amide bonds. The molecular formula is C16H12F6N2O4. The fraction of sp³-hybridized carbons (Fsp3) is 0.188. The van der Waals surface area contributed by atoms with E-state index in [1.807, 2.05) is 0 Å². The van der Waals surface area contributed by atoms with Crippen molar-refractivity contribution in [2.75, 3.05) is 0 Å². The number of rotatable bonds is 3. The van der Waals surface area contributed by atoms with E-state index in [1.165, 1.54) is 18.3 Å². The Morgan fingerprint density at radius 2 is 1.46 bits per heavy atom. The molecule has 0 aliphatic rings. The fourth-order valence-corrected chi connectivity index (χ4v) is 1.86. The number of hydrogen-bond donors (Lipinski definition) is 3. The molecule has 1 aromatic heterocycles. The van der Waals surface area contributed by atoms with Crippen LogP contribution in [0.1, 0.15) is 22.9 Å². The van der Waals surface area contributed by atoms with Crippen LogP contribution in [0.25, 0.3) is 0 Å². The van der Waals surface area contributed by atoms with Gasteiger partial charge in [-0.3, -0.25) is 4.98 Å². The Balaban J connectivity index is 0.000000480. The minimum absolute atomic E-state index is 0.379. The molecule has 1 unspecified atom stereocenters. The highest BCUT2D eigenvalue weighted by Gasteiger charge is 2.38. The van der Waals surface area contributed by atoms with Crippen LogP contribution in [-0.2, 0) is 11.0 Å². The summed E-state index contributed by atoms with van der Waals surface area (Å²) in [6, 6.07) is 8.39. The van der Waals surface area contributed by atoms with E-state index in [-0.39, 0.29) is 0 Å². The molecule has 0 saturated carbocycles. The number of amides is 1. The van der Waals surface area contributed by atoms with Gasteiger partial charge in [-0.1, -0.05) is 18.2 Å². The second kappa shape index (κ2) is 9.06. The summed E-state index contributed by atoms with van der Waals surface area (Å²) >= 11 is 0. The van der Waals surface area contributed by atoms with Crippen molar-refractivity contribution in [2.45, 2.75) is 18.4 Å². The molecule has 0 fully saturated rings. The van der Waals surface area contributed by atoms with Crippen molar-refractivity contribution in [1.29, 1.82) is 0 Å². The lowest BCUT2D eigenvalue weighted by Crippen LogP contribution is -2.28. The fourth-order valence-electron chi connectivity index (χ4n) is 1.86. The second-order valence-corrected chi connectivity index (χ2v) is 5.06. The zero-order valence-corrected chi connectivity index (χ0v) is 13.6. The Labute approximate surface area is 153 Å². The maximum Gasteiger partial charge on any atom is 0.490 e. The van der Waals surface area contributed by atoms with Gasteiger partial charge in [0.05, 0.1) is 17.3 Å². The molecular weight excluding hydrogens is 398 g/mol. The molecule has 2 aromatic rings. The van der Waals surface area contributed by atoms with Crippen molar-refractivity contribution in [3.63, 3.8) is 0 Å². The Kier molecular flexibility index (Phi) is 7.36. The summed E-state index contributed by atoms with van der Waals surface area (Å²) in [4.78, 5) is 23.8. The Morgan fingerprint density at radius 3 is 1.82 bits per heavy atom. The van der Waals surface area contributed by atoms with E-state index in [0.29, 0.717) is 11.3 Å². The van der Waals surface area contributed by atoms with Gasteiger partial charge < -0.3 is 15.5 Å². The molecule has 0 bridgehead atoms. The number of hydrogen-bond acceptors (Lipinski definition) is 3. The number of nitrogens with zero attached hydrogens (tertiary/aromatic N) is 1.